The molecule has 1 unspecified atom stereocenters. The van der Waals surface area contributed by atoms with E-state index < -0.39 is 0 Å². The van der Waals surface area contributed by atoms with Gasteiger partial charge in [-0.3, -0.25) is 9.67 Å². The molecule has 24 heavy (non-hydrogen) atoms. The fourth-order valence-corrected chi connectivity index (χ4v) is 3.20. The van der Waals surface area contributed by atoms with Crippen molar-refractivity contribution in [2.45, 2.75) is 13.0 Å². The van der Waals surface area contributed by atoms with Crippen LogP contribution in [0.25, 0.3) is 10.9 Å². The Balaban J connectivity index is 1.87. The summed E-state index contributed by atoms with van der Waals surface area (Å²) in [4.78, 5) is 7.59. The molecule has 1 atom stereocenters. The third-order valence-corrected chi connectivity index (χ3v) is 4.28. The molecule has 0 fully saturated rings. The van der Waals surface area contributed by atoms with Crippen LogP contribution in [0.4, 0.5) is 5.69 Å². The van der Waals surface area contributed by atoms with Gasteiger partial charge in [0, 0.05) is 59.0 Å². The van der Waals surface area contributed by atoms with Crippen LogP contribution in [-0.4, -0.2) is 19.7 Å². The minimum Gasteiger partial charge on any atom is -0.374 e. The maximum atomic E-state index is 4.35. The Morgan fingerprint density at radius 1 is 1.12 bits per heavy atom. The van der Waals surface area contributed by atoms with Crippen molar-refractivity contribution in [1.82, 2.24) is 19.7 Å². The van der Waals surface area contributed by atoms with E-state index in [2.05, 4.69) is 57.8 Å². The average Bonchev–Trinajstić information content (AvgIpc) is 3.16. The molecule has 0 aliphatic rings. The maximum absolute atomic E-state index is 4.35. The van der Waals surface area contributed by atoms with Crippen LogP contribution in [0.2, 0.25) is 0 Å². The molecule has 0 spiro atoms. The third kappa shape index (κ3) is 2.54. The van der Waals surface area contributed by atoms with E-state index in [9.17, 15) is 0 Å². The number of pyridine rings is 1. The topological polar surface area (TPSA) is 58.5 Å². The molecule has 0 bridgehead atoms. The summed E-state index contributed by atoms with van der Waals surface area (Å²) >= 11 is 0. The Kier molecular flexibility index (Phi) is 3.54. The van der Waals surface area contributed by atoms with Crippen LogP contribution in [0.3, 0.4) is 0 Å². The van der Waals surface area contributed by atoms with Gasteiger partial charge in [0.2, 0.25) is 0 Å². The van der Waals surface area contributed by atoms with E-state index in [1.807, 2.05) is 30.1 Å². The molecular formula is C19H19N5. The highest BCUT2D eigenvalue weighted by atomic mass is 15.2. The first-order valence-corrected chi connectivity index (χ1v) is 7.94. The van der Waals surface area contributed by atoms with Crippen molar-refractivity contribution >= 4 is 16.6 Å². The molecule has 5 nitrogen and oxygen atoms in total. The zero-order valence-electron chi connectivity index (χ0n) is 13.7. The van der Waals surface area contributed by atoms with Crippen molar-refractivity contribution in [3.8, 4) is 0 Å². The number of aromatic amines is 1. The fourth-order valence-electron chi connectivity index (χ4n) is 3.20. The summed E-state index contributed by atoms with van der Waals surface area (Å²) in [5, 5.41) is 9.21. The van der Waals surface area contributed by atoms with Crippen molar-refractivity contribution in [1.29, 1.82) is 0 Å². The number of fused-ring (bicyclic) bond motifs is 1. The highest BCUT2D eigenvalue weighted by Crippen LogP contribution is 2.34. The second-order valence-corrected chi connectivity index (χ2v) is 5.97. The van der Waals surface area contributed by atoms with Crippen LogP contribution < -0.4 is 5.32 Å². The van der Waals surface area contributed by atoms with E-state index in [-0.39, 0.29) is 6.04 Å². The minimum atomic E-state index is 0.0113. The smallest absolute Gasteiger partial charge is 0.0821 e. The minimum absolute atomic E-state index is 0.0113. The standard InChI is InChI=1S/C19H19N5/c1-13-18(16-5-3-4-6-17(16)22-13)19(14-11-21-24(2)12-14)23-15-7-9-20-10-8-15/h3-12,19,22H,1-2H3,(H,20,23). The fraction of sp³-hybridized carbons (Fsp3) is 0.158. The van der Waals surface area contributed by atoms with Gasteiger partial charge in [0.1, 0.15) is 0 Å². The predicted molar refractivity (Wildman–Crippen MR) is 95.9 cm³/mol. The zero-order valence-corrected chi connectivity index (χ0v) is 13.7. The van der Waals surface area contributed by atoms with Crippen molar-refractivity contribution in [3.05, 3.63) is 78.0 Å². The van der Waals surface area contributed by atoms with Crippen LogP contribution in [0, 0.1) is 6.92 Å². The number of hydrogen-bond acceptors (Lipinski definition) is 3. The Morgan fingerprint density at radius 2 is 1.92 bits per heavy atom. The molecule has 1 aromatic carbocycles. The van der Waals surface area contributed by atoms with Gasteiger partial charge < -0.3 is 10.3 Å². The Hall–Kier alpha value is -3.08. The van der Waals surface area contributed by atoms with Gasteiger partial charge in [-0.05, 0) is 25.1 Å². The number of aryl methyl sites for hydroxylation is 2. The number of H-pyrrole nitrogens is 1. The van der Waals surface area contributed by atoms with E-state index in [1.54, 1.807) is 12.4 Å². The largest absolute Gasteiger partial charge is 0.374 e. The highest BCUT2D eigenvalue weighted by molar-refractivity contribution is 5.86. The lowest BCUT2D eigenvalue weighted by Gasteiger charge is -2.20. The van der Waals surface area contributed by atoms with Crippen LogP contribution in [0.1, 0.15) is 22.9 Å². The van der Waals surface area contributed by atoms with Crippen LogP contribution in [0.15, 0.2) is 61.2 Å². The molecule has 2 N–H and O–H groups in total. The molecule has 0 saturated carbocycles. The Bertz CT molecular complexity index is 968. The lowest BCUT2D eigenvalue weighted by atomic mass is 9.98. The Morgan fingerprint density at radius 3 is 2.67 bits per heavy atom. The maximum Gasteiger partial charge on any atom is 0.0821 e. The molecule has 0 amide bonds. The van der Waals surface area contributed by atoms with E-state index in [0.29, 0.717) is 0 Å². The van der Waals surface area contributed by atoms with Gasteiger partial charge >= 0.3 is 0 Å². The van der Waals surface area contributed by atoms with Crippen LogP contribution in [0.5, 0.6) is 0 Å². The van der Waals surface area contributed by atoms with E-state index in [4.69, 9.17) is 0 Å². The van der Waals surface area contributed by atoms with E-state index in [0.717, 1.165) is 22.5 Å². The summed E-state index contributed by atoms with van der Waals surface area (Å²) in [5.41, 5.74) is 5.71. The first kappa shape index (κ1) is 14.5. The molecule has 3 aromatic heterocycles. The molecule has 120 valence electrons. The summed E-state index contributed by atoms with van der Waals surface area (Å²) in [5.74, 6) is 0. The summed E-state index contributed by atoms with van der Waals surface area (Å²) < 4.78 is 1.83. The SMILES string of the molecule is Cc1[nH]c2ccccc2c1C(Nc1ccncc1)c1cnn(C)c1. The zero-order chi connectivity index (χ0) is 16.5. The molecule has 0 aliphatic heterocycles. The van der Waals surface area contributed by atoms with Gasteiger partial charge in [-0.25, -0.2) is 0 Å². The van der Waals surface area contributed by atoms with Gasteiger partial charge in [0.25, 0.3) is 0 Å². The normalized spacial score (nSPS) is 12.4. The number of aromatic nitrogens is 4. The van der Waals surface area contributed by atoms with Crippen molar-refractivity contribution in [2.24, 2.45) is 7.05 Å². The van der Waals surface area contributed by atoms with Crippen molar-refractivity contribution in [2.75, 3.05) is 5.32 Å². The summed E-state index contributed by atoms with van der Waals surface area (Å²) in [6.07, 6.45) is 7.57. The number of hydrogen-bond donors (Lipinski definition) is 2. The first-order chi connectivity index (χ1) is 11.7. The van der Waals surface area contributed by atoms with Crippen LogP contribution >= 0.6 is 0 Å². The lowest BCUT2D eigenvalue weighted by molar-refractivity contribution is 0.766. The number of rotatable bonds is 4. The first-order valence-electron chi connectivity index (χ1n) is 7.94. The summed E-state index contributed by atoms with van der Waals surface area (Å²) in [7, 11) is 1.94. The number of para-hydroxylation sites is 1. The molecule has 0 aliphatic carbocycles. The average molecular weight is 317 g/mol. The number of nitrogens with one attached hydrogen (secondary N) is 2. The molecule has 3 heterocycles. The molecule has 4 rings (SSSR count). The number of nitrogens with zero attached hydrogens (tertiary/aromatic N) is 3. The quantitative estimate of drug-likeness (QED) is 0.602. The summed E-state index contributed by atoms with van der Waals surface area (Å²) in [6.45, 7) is 2.12. The Labute approximate surface area is 140 Å². The highest BCUT2D eigenvalue weighted by Gasteiger charge is 2.22. The molecular weight excluding hydrogens is 298 g/mol. The van der Waals surface area contributed by atoms with E-state index >= 15 is 0 Å². The number of benzene rings is 1. The predicted octanol–water partition coefficient (Wildman–Crippen LogP) is 3.81. The van der Waals surface area contributed by atoms with Gasteiger partial charge in [0.15, 0.2) is 0 Å². The van der Waals surface area contributed by atoms with E-state index in [1.165, 1.54) is 10.9 Å². The van der Waals surface area contributed by atoms with Crippen molar-refractivity contribution < 1.29 is 0 Å². The second kappa shape index (κ2) is 5.85. The van der Waals surface area contributed by atoms with Crippen LogP contribution in [-0.2, 0) is 7.05 Å². The monoisotopic (exact) mass is 317 g/mol. The summed E-state index contributed by atoms with van der Waals surface area (Å²) in [6, 6.07) is 12.4. The van der Waals surface area contributed by atoms with Gasteiger partial charge in [-0.15, -0.1) is 0 Å². The van der Waals surface area contributed by atoms with Crippen molar-refractivity contribution in [3.63, 3.8) is 0 Å². The molecule has 0 saturated heterocycles. The molecule has 5 heteroatoms. The molecule has 4 aromatic rings. The van der Waals surface area contributed by atoms with Gasteiger partial charge in [0.05, 0.1) is 12.2 Å². The third-order valence-electron chi connectivity index (χ3n) is 4.28. The van der Waals surface area contributed by atoms with Gasteiger partial charge in [-0.1, -0.05) is 18.2 Å². The van der Waals surface area contributed by atoms with Gasteiger partial charge in [-0.2, -0.15) is 5.10 Å². The lowest BCUT2D eigenvalue weighted by Crippen LogP contribution is -2.12. The number of anilines is 1. The molecule has 0 radical (unpaired) electrons. The second-order valence-electron chi connectivity index (χ2n) is 5.97.